The molecule has 1 amide bonds. The van der Waals surface area contributed by atoms with E-state index < -0.39 is 15.7 Å². The molecule has 1 fully saturated rings. The second kappa shape index (κ2) is 7.23. The van der Waals surface area contributed by atoms with Crippen molar-refractivity contribution in [2.24, 2.45) is 4.99 Å². The Kier molecular flexibility index (Phi) is 5.01. The number of rotatable bonds is 3. The van der Waals surface area contributed by atoms with E-state index in [2.05, 4.69) is 10.3 Å². The van der Waals surface area contributed by atoms with Gasteiger partial charge in [-0.05, 0) is 37.6 Å². The maximum atomic E-state index is 13.1. The van der Waals surface area contributed by atoms with Gasteiger partial charge in [0.15, 0.2) is 0 Å². The highest BCUT2D eigenvalue weighted by molar-refractivity contribution is 7.89. The summed E-state index contributed by atoms with van der Waals surface area (Å²) < 4.78 is 27.7. The Labute approximate surface area is 175 Å². The maximum Gasteiger partial charge on any atom is 0.272 e. The molecule has 0 unspecified atom stereocenters. The van der Waals surface area contributed by atoms with Gasteiger partial charge in [-0.15, -0.1) is 0 Å². The first kappa shape index (κ1) is 20.1. The summed E-state index contributed by atoms with van der Waals surface area (Å²) in [7, 11) is -3.58. The minimum Gasteiger partial charge on any atom is -0.326 e. The lowest BCUT2D eigenvalue weighted by molar-refractivity contribution is -0.115. The van der Waals surface area contributed by atoms with Crippen molar-refractivity contribution in [2.75, 3.05) is 13.1 Å². The molecule has 2 aromatic carbocycles. The third kappa shape index (κ3) is 3.70. The largest absolute Gasteiger partial charge is 0.326 e. The molecule has 0 bridgehead atoms. The molecule has 0 saturated carbocycles. The van der Waals surface area contributed by atoms with Crippen LogP contribution < -0.4 is 5.32 Å². The van der Waals surface area contributed by atoms with E-state index in [1.165, 1.54) is 4.31 Å². The molecule has 1 saturated heterocycles. The van der Waals surface area contributed by atoms with Crippen molar-refractivity contribution in [1.82, 2.24) is 9.62 Å². The van der Waals surface area contributed by atoms with Crippen molar-refractivity contribution in [1.29, 1.82) is 0 Å². The highest BCUT2D eigenvalue weighted by Crippen LogP contribution is 2.32. The van der Waals surface area contributed by atoms with Crippen LogP contribution >= 0.6 is 11.6 Å². The van der Waals surface area contributed by atoms with Crippen LogP contribution in [0.5, 0.6) is 0 Å². The first-order valence-corrected chi connectivity index (χ1v) is 11.3. The number of hydrogen-bond donors (Lipinski definition) is 1. The zero-order chi connectivity index (χ0) is 20.8. The number of nitrogens with zero attached hydrogens (tertiary/aromatic N) is 2. The number of aliphatic imine (C=N–C) groups is 1. The molecule has 29 heavy (non-hydrogen) atoms. The molecule has 2 aromatic rings. The molecule has 4 rings (SSSR count). The van der Waals surface area contributed by atoms with Crippen LogP contribution in [0.4, 0.5) is 0 Å². The van der Waals surface area contributed by atoms with E-state index in [9.17, 15) is 13.2 Å². The highest BCUT2D eigenvalue weighted by atomic mass is 35.5. The first-order chi connectivity index (χ1) is 13.7. The topological polar surface area (TPSA) is 78.8 Å². The second-order valence-corrected chi connectivity index (χ2v) is 9.97. The molecular weight excluding hydrogens is 410 g/mol. The molecule has 6 nitrogen and oxygen atoms in total. The van der Waals surface area contributed by atoms with Gasteiger partial charge in [0.1, 0.15) is 11.4 Å². The van der Waals surface area contributed by atoms with Gasteiger partial charge in [-0.3, -0.25) is 9.79 Å². The van der Waals surface area contributed by atoms with Gasteiger partial charge in [0.25, 0.3) is 5.91 Å². The van der Waals surface area contributed by atoms with Gasteiger partial charge >= 0.3 is 0 Å². The van der Waals surface area contributed by atoms with E-state index in [0.29, 0.717) is 47.1 Å². The maximum absolute atomic E-state index is 13.1. The van der Waals surface area contributed by atoms with Crippen LogP contribution in [0.3, 0.4) is 0 Å². The molecule has 1 N–H and O–H groups in total. The summed E-state index contributed by atoms with van der Waals surface area (Å²) >= 11 is 5.92. The summed E-state index contributed by atoms with van der Waals surface area (Å²) in [6.45, 7) is 4.35. The van der Waals surface area contributed by atoms with E-state index >= 15 is 0 Å². The summed E-state index contributed by atoms with van der Waals surface area (Å²) in [6.07, 6.45) is 0.861. The van der Waals surface area contributed by atoms with Crippen LogP contribution in [0, 0.1) is 13.8 Å². The average Bonchev–Trinajstić information content (AvgIpc) is 2.98. The molecular formula is C21H22ClN3O3S. The fourth-order valence-electron chi connectivity index (χ4n) is 3.93. The minimum atomic E-state index is -3.58. The normalized spacial score (nSPS) is 19.3. The number of aryl methyl sites for hydroxylation is 2. The van der Waals surface area contributed by atoms with Gasteiger partial charge in [0.2, 0.25) is 10.0 Å². The van der Waals surface area contributed by atoms with Gasteiger partial charge in [0.05, 0.1) is 4.90 Å². The van der Waals surface area contributed by atoms with Crippen molar-refractivity contribution >= 4 is 33.2 Å². The van der Waals surface area contributed by atoms with Gasteiger partial charge < -0.3 is 5.32 Å². The molecule has 8 heteroatoms. The van der Waals surface area contributed by atoms with Gasteiger partial charge in [0, 0.05) is 36.5 Å². The molecule has 2 aliphatic heterocycles. The molecule has 2 aliphatic rings. The number of carbonyl (C=O) groups is 1. The molecule has 2 heterocycles. The predicted molar refractivity (Wildman–Crippen MR) is 113 cm³/mol. The van der Waals surface area contributed by atoms with Crippen LogP contribution in [0.2, 0.25) is 5.02 Å². The quantitative estimate of drug-likeness (QED) is 0.811. The number of amides is 1. The van der Waals surface area contributed by atoms with Crippen LogP contribution in [-0.4, -0.2) is 43.1 Å². The summed E-state index contributed by atoms with van der Waals surface area (Å²) in [5, 5.41) is 3.56. The van der Waals surface area contributed by atoms with Crippen molar-refractivity contribution < 1.29 is 13.2 Å². The molecule has 0 atom stereocenters. The Hall–Kier alpha value is -2.22. The Balaban J connectivity index is 1.54. The van der Waals surface area contributed by atoms with E-state index in [4.69, 9.17) is 11.6 Å². The van der Waals surface area contributed by atoms with Crippen molar-refractivity contribution in [3.8, 4) is 0 Å². The van der Waals surface area contributed by atoms with E-state index in [1.807, 2.05) is 26.0 Å². The first-order valence-electron chi connectivity index (χ1n) is 9.46. The number of hydrogen-bond acceptors (Lipinski definition) is 4. The van der Waals surface area contributed by atoms with Crippen molar-refractivity contribution in [3.05, 3.63) is 64.2 Å². The number of nitrogens with one attached hydrogen (secondary N) is 1. The highest BCUT2D eigenvalue weighted by Gasteiger charge is 2.44. The Bertz CT molecular complexity index is 1100. The van der Waals surface area contributed by atoms with Gasteiger partial charge in [-0.2, -0.15) is 4.31 Å². The summed E-state index contributed by atoms with van der Waals surface area (Å²) in [5.41, 5.74) is 2.08. The lowest BCUT2D eigenvalue weighted by atomic mass is 10.00. The molecule has 152 valence electrons. The summed E-state index contributed by atoms with van der Waals surface area (Å²) in [5.74, 6) is -0.238. The number of halogens is 1. The SMILES string of the molecule is Cc1ccc(S(=O)(=O)N2CCC3(CC2)N=C(c2ccc(Cl)cc2)C(=O)N3)c(C)c1. The van der Waals surface area contributed by atoms with Crippen molar-refractivity contribution in [2.45, 2.75) is 37.2 Å². The molecule has 0 radical (unpaired) electrons. The number of sulfonamides is 1. The summed E-state index contributed by atoms with van der Waals surface area (Å²) in [6, 6.07) is 12.3. The minimum absolute atomic E-state index is 0.238. The lowest BCUT2D eigenvalue weighted by Gasteiger charge is -2.36. The fraction of sp³-hybridized carbons (Fsp3) is 0.333. The molecule has 1 spiro atoms. The predicted octanol–water partition coefficient (Wildman–Crippen LogP) is 3.06. The van der Waals surface area contributed by atoms with E-state index in [1.54, 1.807) is 30.3 Å². The number of carbonyl (C=O) groups excluding carboxylic acids is 1. The van der Waals surface area contributed by atoms with E-state index in [0.717, 1.165) is 11.1 Å². The van der Waals surface area contributed by atoms with Crippen LogP contribution in [-0.2, 0) is 14.8 Å². The number of piperidine rings is 1. The third-order valence-corrected chi connectivity index (χ3v) is 7.81. The lowest BCUT2D eigenvalue weighted by Crippen LogP contribution is -2.52. The third-order valence-electron chi connectivity index (χ3n) is 5.50. The van der Waals surface area contributed by atoms with Crippen LogP contribution in [0.15, 0.2) is 52.4 Å². The Morgan fingerprint density at radius 3 is 2.34 bits per heavy atom. The smallest absolute Gasteiger partial charge is 0.272 e. The zero-order valence-electron chi connectivity index (χ0n) is 16.3. The monoisotopic (exact) mass is 431 g/mol. The standard InChI is InChI=1S/C21H22ClN3O3S/c1-14-3-8-18(15(2)13-14)29(27,28)25-11-9-21(10-12-25)23-19(20(26)24-21)16-4-6-17(22)7-5-16/h3-8,13H,9-12H2,1-2H3,(H,24,26). The second-order valence-electron chi connectivity index (χ2n) is 7.63. The van der Waals surface area contributed by atoms with Crippen LogP contribution in [0.25, 0.3) is 0 Å². The van der Waals surface area contributed by atoms with E-state index in [-0.39, 0.29) is 5.91 Å². The van der Waals surface area contributed by atoms with Crippen molar-refractivity contribution in [3.63, 3.8) is 0 Å². The van der Waals surface area contributed by atoms with Gasteiger partial charge in [-0.25, -0.2) is 8.42 Å². The zero-order valence-corrected chi connectivity index (χ0v) is 17.8. The number of benzene rings is 2. The Morgan fingerprint density at radius 1 is 1.07 bits per heavy atom. The van der Waals surface area contributed by atoms with Crippen LogP contribution in [0.1, 0.15) is 29.5 Å². The summed E-state index contributed by atoms with van der Waals surface area (Å²) in [4.78, 5) is 17.5. The average molecular weight is 432 g/mol. The van der Waals surface area contributed by atoms with Gasteiger partial charge in [-0.1, -0.05) is 41.4 Å². The molecule has 0 aromatic heterocycles. The fourth-order valence-corrected chi connectivity index (χ4v) is 5.70. The molecule has 0 aliphatic carbocycles. The Morgan fingerprint density at radius 2 is 1.72 bits per heavy atom.